The van der Waals surface area contributed by atoms with Crippen molar-refractivity contribution in [1.29, 1.82) is 0 Å². The highest BCUT2D eigenvalue weighted by molar-refractivity contribution is 5.52. The van der Waals surface area contributed by atoms with Crippen LogP contribution in [0.2, 0.25) is 0 Å². The van der Waals surface area contributed by atoms with Crippen LogP contribution in [0.4, 0.5) is 0 Å². The highest BCUT2D eigenvalue weighted by atomic mass is 16.7. The van der Waals surface area contributed by atoms with Gasteiger partial charge >= 0.3 is 0 Å². The van der Waals surface area contributed by atoms with E-state index in [9.17, 15) is 0 Å². The molecular weight excluding hydrogens is 224 g/mol. The largest absolute Gasteiger partial charge is 0.448 e. The van der Waals surface area contributed by atoms with Crippen LogP contribution in [-0.2, 0) is 5.41 Å². The molecule has 1 unspecified atom stereocenters. The van der Waals surface area contributed by atoms with Gasteiger partial charge in [-0.15, -0.1) is 0 Å². The van der Waals surface area contributed by atoms with Crippen LogP contribution in [0.1, 0.15) is 54.0 Å². The Hall–Kier alpha value is -1.18. The molecule has 1 aromatic carbocycles. The molecule has 2 heteroatoms. The molecule has 1 heterocycles. The Bertz CT molecular complexity index is 463. The minimum absolute atomic E-state index is 0.0534. The van der Waals surface area contributed by atoms with Crippen molar-refractivity contribution in [3.05, 3.63) is 23.8 Å². The monoisotopic (exact) mass is 248 g/mol. The number of ether oxygens (including phenoxy) is 2. The Morgan fingerprint density at radius 3 is 2.06 bits per heavy atom. The maximum atomic E-state index is 6.19. The van der Waals surface area contributed by atoms with E-state index < -0.39 is 5.79 Å². The lowest BCUT2D eigenvalue weighted by molar-refractivity contribution is -0.143. The lowest BCUT2D eigenvalue weighted by atomic mass is 9.85. The summed E-state index contributed by atoms with van der Waals surface area (Å²) in [6, 6.07) is 6.15. The number of fused-ring (bicyclic) bond motifs is 1. The minimum Gasteiger partial charge on any atom is -0.448 e. The number of hydrogen-bond acceptors (Lipinski definition) is 2. The molecule has 0 N–H and O–H groups in total. The first-order valence-electron chi connectivity index (χ1n) is 6.56. The summed E-state index contributed by atoms with van der Waals surface area (Å²) in [5, 5.41) is 0. The fraction of sp³-hybridized carbons (Fsp3) is 0.625. The van der Waals surface area contributed by atoms with Crippen LogP contribution in [0, 0.1) is 5.41 Å². The molecule has 0 saturated carbocycles. The van der Waals surface area contributed by atoms with Crippen molar-refractivity contribution < 1.29 is 9.47 Å². The summed E-state index contributed by atoms with van der Waals surface area (Å²) in [5.74, 6) is 1.17. The second kappa shape index (κ2) is 3.66. The zero-order valence-electron chi connectivity index (χ0n) is 12.5. The summed E-state index contributed by atoms with van der Waals surface area (Å²) in [4.78, 5) is 0. The van der Waals surface area contributed by atoms with Gasteiger partial charge in [0.15, 0.2) is 11.5 Å². The van der Waals surface area contributed by atoms with E-state index in [4.69, 9.17) is 9.47 Å². The highest BCUT2D eigenvalue weighted by Crippen LogP contribution is 2.50. The summed E-state index contributed by atoms with van der Waals surface area (Å²) in [6.45, 7) is 15.0. The van der Waals surface area contributed by atoms with Crippen LogP contribution >= 0.6 is 0 Å². The molecular formula is C16H24O2. The first kappa shape index (κ1) is 13.3. The zero-order chi connectivity index (χ0) is 13.8. The van der Waals surface area contributed by atoms with Gasteiger partial charge in [0.05, 0.1) is 0 Å². The van der Waals surface area contributed by atoms with E-state index in [0.29, 0.717) is 0 Å². The van der Waals surface area contributed by atoms with Gasteiger partial charge in [0.25, 0.3) is 5.79 Å². The van der Waals surface area contributed by atoms with Gasteiger partial charge in [0.1, 0.15) is 0 Å². The number of hydrogen-bond donors (Lipinski definition) is 0. The van der Waals surface area contributed by atoms with Crippen LogP contribution in [-0.4, -0.2) is 5.79 Å². The van der Waals surface area contributed by atoms with Gasteiger partial charge in [-0.1, -0.05) is 53.7 Å². The summed E-state index contributed by atoms with van der Waals surface area (Å²) in [7, 11) is 0. The third-order valence-electron chi connectivity index (χ3n) is 3.75. The first-order valence-corrected chi connectivity index (χ1v) is 6.56. The standard InChI is InChI=1S/C16H24O2/c1-14(2,3)11-9-8-10-12-13(11)18-16(7,17-12)15(4,5)6/h8-10H,1-7H3. The van der Waals surface area contributed by atoms with E-state index in [-0.39, 0.29) is 10.8 Å². The van der Waals surface area contributed by atoms with Crippen LogP contribution in [0.15, 0.2) is 18.2 Å². The van der Waals surface area contributed by atoms with E-state index in [1.807, 2.05) is 19.1 Å². The average Bonchev–Trinajstić information content (AvgIpc) is 2.52. The van der Waals surface area contributed by atoms with Crippen molar-refractivity contribution in [1.82, 2.24) is 0 Å². The molecule has 0 radical (unpaired) electrons. The predicted molar refractivity (Wildman–Crippen MR) is 74.3 cm³/mol. The lowest BCUT2D eigenvalue weighted by Crippen LogP contribution is -2.47. The van der Waals surface area contributed by atoms with E-state index in [0.717, 1.165) is 11.5 Å². The minimum atomic E-state index is -0.601. The van der Waals surface area contributed by atoms with Crippen molar-refractivity contribution in [2.75, 3.05) is 0 Å². The SMILES string of the molecule is CC(C)(C)c1cccc2c1OC(C)(C(C)(C)C)O2. The van der Waals surface area contributed by atoms with Crippen LogP contribution in [0.3, 0.4) is 0 Å². The second-order valence-electron chi connectivity index (χ2n) is 7.28. The average molecular weight is 248 g/mol. The molecule has 1 aliphatic heterocycles. The Labute approximate surface area is 110 Å². The van der Waals surface area contributed by atoms with E-state index in [1.54, 1.807) is 0 Å². The van der Waals surface area contributed by atoms with E-state index in [2.05, 4.69) is 47.6 Å². The summed E-state index contributed by atoms with van der Waals surface area (Å²) >= 11 is 0. The maximum absolute atomic E-state index is 6.19. The summed E-state index contributed by atoms with van der Waals surface area (Å²) in [6.07, 6.45) is 0. The number of para-hydroxylation sites is 1. The molecule has 2 nitrogen and oxygen atoms in total. The third kappa shape index (κ3) is 1.98. The third-order valence-corrected chi connectivity index (χ3v) is 3.75. The fourth-order valence-corrected chi connectivity index (χ4v) is 2.02. The van der Waals surface area contributed by atoms with Crippen LogP contribution < -0.4 is 9.47 Å². The smallest absolute Gasteiger partial charge is 0.253 e. The second-order valence-corrected chi connectivity index (χ2v) is 7.28. The molecule has 0 spiro atoms. The molecule has 1 aliphatic rings. The van der Waals surface area contributed by atoms with Gasteiger partial charge in [0, 0.05) is 17.9 Å². The van der Waals surface area contributed by atoms with Crippen molar-refractivity contribution >= 4 is 0 Å². The quantitative estimate of drug-likeness (QED) is 0.672. The van der Waals surface area contributed by atoms with Crippen molar-refractivity contribution in [2.45, 2.75) is 59.7 Å². The molecule has 100 valence electrons. The van der Waals surface area contributed by atoms with E-state index in [1.165, 1.54) is 5.56 Å². The Morgan fingerprint density at radius 1 is 0.944 bits per heavy atom. The molecule has 0 aromatic heterocycles. The van der Waals surface area contributed by atoms with Crippen LogP contribution in [0.25, 0.3) is 0 Å². The van der Waals surface area contributed by atoms with Crippen molar-refractivity contribution in [3.63, 3.8) is 0 Å². The van der Waals surface area contributed by atoms with Gasteiger partial charge in [0.2, 0.25) is 0 Å². The van der Waals surface area contributed by atoms with Crippen molar-refractivity contribution in [2.24, 2.45) is 5.41 Å². The summed E-state index contributed by atoms with van der Waals surface area (Å²) < 4.78 is 12.3. The van der Waals surface area contributed by atoms with Gasteiger partial charge < -0.3 is 9.47 Å². The van der Waals surface area contributed by atoms with E-state index >= 15 is 0 Å². The Kier molecular flexibility index (Phi) is 2.69. The normalized spacial score (nSPS) is 23.3. The molecule has 2 rings (SSSR count). The highest BCUT2D eigenvalue weighted by Gasteiger charge is 2.48. The number of rotatable bonds is 0. The molecule has 0 aliphatic carbocycles. The van der Waals surface area contributed by atoms with Crippen LogP contribution in [0.5, 0.6) is 11.5 Å². The topological polar surface area (TPSA) is 18.5 Å². The molecule has 0 amide bonds. The fourth-order valence-electron chi connectivity index (χ4n) is 2.02. The zero-order valence-corrected chi connectivity index (χ0v) is 12.5. The van der Waals surface area contributed by atoms with Crippen molar-refractivity contribution in [3.8, 4) is 11.5 Å². The van der Waals surface area contributed by atoms with Gasteiger partial charge in [-0.2, -0.15) is 0 Å². The van der Waals surface area contributed by atoms with Gasteiger partial charge in [-0.3, -0.25) is 0 Å². The lowest BCUT2D eigenvalue weighted by Gasteiger charge is -2.36. The molecule has 1 atom stereocenters. The molecule has 0 fully saturated rings. The molecule has 0 saturated heterocycles. The number of benzene rings is 1. The maximum Gasteiger partial charge on any atom is 0.253 e. The molecule has 0 bridgehead atoms. The molecule has 1 aromatic rings. The van der Waals surface area contributed by atoms with Gasteiger partial charge in [-0.05, 0) is 11.5 Å². The predicted octanol–water partition coefficient (Wildman–Crippen LogP) is 4.52. The summed E-state index contributed by atoms with van der Waals surface area (Å²) in [5.41, 5.74) is 1.17. The first-order chi connectivity index (χ1) is 8.05. The molecule has 18 heavy (non-hydrogen) atoms. The Balaban J connectivity index is 2.48. The Morgan fingerprint density at radius 2 is 1.56 bits per heavy atom. The van der Waals surface area contributed by atoms with Gasteiger partial charge in [-0.25, -0.2) is 0 Å².